The Labute approximate surface area is 200 Å². The van der Waals surface area contributed by atoms with Gasteiger partial charge in [-0.15, -0.1) is 0 Å². The van der Waals surface area contributed by atoms with E-state index in [2.05, 4.69) is 15.1 Å². The minimum atomic E-state index is -2.38. The van der Waals surface area contributed by atoms with Crippen molar-refractivity contribution in [2.45, 2.75) is 46.5 Å². The number of aldehydes is 1. The number of nitrogens with two attached hydrogens (primary N) is 4. The molecule has 1 aliphatic heterocycles. The number of hydrazone groups is 1. The number of nitrogen functional groups attached to an aromatic ring is 1. The summed E-state index contributed by atoms with van der Waals surface area (Å²) in [6.45, 7) is 9.07. The number of hydrazine groups is 1. The number of alkyl halides is 2. The van der Waals surface area contributed by atoms with Gasteiger partial charge in [0.1, 0.15) is 5.69 Å². The number of likely N-dealkylation sites (tertiary alicyclic amines) is 1. The summed E-state index contributed by atoms with van der Waals surface area (Å²) in [4.78, 5) is 20.7. The van der Waals surface area contributed by atoms with Crippen LogP contribution in [-0.4, -0.2) is 53.0 Å². The van der Waals surface area contributed by atoms with Crippen LogP contribution < -0.4 is 28.2 Å². The smallest absolute Gasteiger partial charge is 0.250 e. The van der Waals surface area contributed by atoms with E-state index in [9.17, 15) is 13.6 Å². The molecule has 0 radical (unpaired) electrons. The number of pyridine rings is 2. The van der Waals surface area contributed by atoms with Crippen molar-refractivity contribution in [1.82, 2.24) is 14.9 Å². The Morgan fingerprint density at radius 2 is 1.74 bits per heavy atom. The Morgan fingerprint density at radius 1 is 1.15 bits per heavy atom. The second-order valence-electron chi connectivity index (χ2n) is 6.74. The van der Waals surface area contributed by atoms with Crippen LogP contribution in [0, 0.1) is 0 Å². The normalized spacial score (nSPS) is 14.8. The van der Waals surface area contributed by atoms with Crippen LogP contribution in [0.2, 0.25) is 0 Å². The van der Waals surface area contributed by atoms with E-state index in [0.717, 1.165) is 0 Å². The number of hydrogen-bond donors (Lipinski definition) is 4. The lowest BCUT2D eigenvalue weighted by Gasteiger charge is -2.28. The molecular weight excluding hydrogens is 444 g/mol. The molecule has 2 aromatic heterocycles. The molecule has 34 heavy (non-hydrogen) atoms. The molecule has 1 fully saturated rings. The highest BCUT2D eigenvalue weighted by Gasteiger charge is 2.32. The molecule has 8 N–H and O–H groups in total. The maximum Gasteiger partial charge on any atom is 0.250 e. The lowest BCUT2D eigenvalue weighted by molar-refractivity contribution is -0.0504. The van der Waals surface area contributed by atoms with Crippen LogP contribution in [-0.2, 0) is 0 Å². The zero-order valence-corrected chi connectivity index (χ0v) is 20.5. The summed E-state index contributed by atoms with van der Waals surface area (Å²) >= 11 is 0. The van der Waals surface area contributed by atoms with Crippen LogP contribution in [0.1, 0.15) is 56.6 Å². The first-order valence-electron chi connectivity index (χ1n) is 11.0. The molecule has 0 amide bonds. The van der Waals surface area contributed by atoms with Gasteiger partial charge in [-0.1, -0.05) is 27.7 Å². The number of rotatable bonds is 4. The fraction of sp³-hybridized carbons (Fsp3) is 0.455. The summed E-state index contributed by atoms with van der Waals surface area (Å²) in [7, 11) is 1.87. The number of piperidine rings is 1. The molecule has 0 aromatic carbocycles. The largest absolute Gasteiger partial charge is 0.396 e. The van der Waals surface area contributed by atoms with Gasteiger partial charge in [0, 0.05) is 37.7 Å². The lowest BCUT2D eigenvalue weighted by atomic mass is 10.1. The molecule has 0 bridgehead atoms. The van der Waals surface area contributed by atoms with Crippen molar-refractivity contribution in [3.05, 3.63) is 41.9 Å². The van der Waals surface area contributed by atoms with Crippen molar-refractivity contribution in [3.8, 4) is 0 Å². The van der Waals surface area contributed by atoms with E-state index in [1.165, 1.54) is 23.5 Å². The average Bonchev–Trinajstić information content (AvgIpc) is 2.87. The summed E-state index contributed by atoms with van der Waals surface area (Å²) in [5.74, 6) is 9.05. The molecular formula is C22H37F2N9O. The van der Waals surface area contributed by atoms with Gasteiger partial charge >= 0.3 is 0 Å². The second kappa shape index (κ2) is 15.5. The zero-order chi connectivity index (χ0) is 26.3. The van der Waals surface area contributed by atoms with Crippen molar-refractivity contribution in [2.24, 2.45) is 22.5 Å². The van der Waals surface area contributed by atoms with Crippen molar-refractivity contribution in [3.63, 3.8) is 0 Å². The number of nitrogens with zero attached hydrogens (tertiary/aromatic N) is 5. The standard InChI is InChI=1S/C12H14N8O.C6H11F2N.2C2H6/c13-9-3-7(6-21)4-18-12(9)20(16)8-1-2-10(17-5-8)11(14)19-15;1-9-4-2-6(7,8)3-5-9;2*1-2/h1-6H,13,15-16H2,(H2,14,19);2-5H2,1H3;2*1-2H3. The van der Waals surface area contributed by atoms with E-state index in [1.807, 2.05) is 39.6 Å². The van der Waals surface area contributed by atoms with E-state index in [0.29, 0.717) is 42.1 Å². The highest BCUT2D eigenvalue weighted by molar-refractivity contribution is 5.95. The van der Waals surface area contributed by atoms with Gasteiger partial charge in [0.25, 0.3) is 5.92 Å². The fourth-order valence-electron chi connectivity index (χ4n) is 2.57. The fourth-order valence-corrected chi connectivity index (χ4v) is 2.57. The van der Waals surface area contributed by atoms with Gasteiger partial charge in [-0.3, -0.25) is 14.8 Å². The average molecular weight is 482 g/mol. The molecule has 190 valence electrons. The van der Waals surface area contributed by atoms with Crippen LogP contribution in [0.3, 0.4) is 0 Å². The van der Waals surface area contributed by atoms with Gasteiger partial charge in [-0.25, -0.2) is 19.6 Å². The number of aromatic nitrogens is 2. The van der Waals surface area contributed by atoms with Gasteiger partial charge in [0.15, 0.2) is 17.9 Å². The molecule has 0 spiro atoms. The van der Waals surface area contributed by atoms with Gasteiger partial charge in [-0.2, -0.15) is 5.10 Å². The highest BCUT2D eigenvalue weighted by Crippen LogP contribution is 2.26. The van der Waals surface area contributed by atoms with Crippen LogP contribution in [0.15, 0.2) is 35.7 Å². The topological polar surface area (TPSA) is 166 Å². The molecule has 2 aromatic rings. The van der Waals surface area contributed by atoms with Crippen LogP contribution in [0.25, 0.3) is 0 Å². The minimum absolute atomic E-state index is 0.0312. The van der Waals surface area contributed by atoms with E-state index in [1.54, 1.807) is 12.1 Å². The number of carbonyl (C=O) groups excluding carboxylic acids is 1. The van der Waals surface area contributed by atoms with Crippen LogP contribution in [0.5, 0.6) is 0 Å². The first-order chi connectivity index (χ1) is 16.2. The van der Waals surface area contributed by atoms with Crippen molar-refractivity contribution in [2.75, 3.05) is 30.9 Å². The zero-order valence-electron chi connectivity index (χ0n) is 20.5. The Balaban J connectivity index is 0.000000698. The highest BCUT2D eigenvalue weighted by atomic mass is 19.3. The van der Waals surface area contributed by atoms with Gasteiger partial charge in [-0.05, 0) is 25.2 Å². The van der Waals surface area contributed by atoms with Crippen molar-refractivity contribution in [1.29, 1.82) is 0 Å². The first-order valence-corrected chi connectivity index (χ1v) is 11.0. The Morgan fingerprint density at radius 3 is 2.15 bits per heavy atom. The molecule has 0 aliphatic carbocycles. The summed E-state index contributed by atoms with van der Waals surface area (Å²) in [6.07, 6.45) is 3.56. The van der Waals surface area contributed by atoms with E-state index in [-0.39, 0.29) is 24.4 Å². The summed E-state index contributed by atoms with van der Waals surface area (Å²) < 4.78 is 24.7. The van der Waals surface area contributed by atoms with Gasteiger partial charge < -0.3 is 22.2 Å². The molecule has 0 atom stereocenters. The number of halogens is 2. The monoisotopic (exact) mass is 481 g/mol. The first kappa shape index (κ1) is 30.6. The molecule has 1 aliphatic rings. The maximum absolute atomic E-state index is 12.4. The Kier molecular flexibility index (Phi) is 13.9. The number of anilines is 3. The quantitative estimate of drug-likeness (QED) is 0.169. The minimum Gasteiger partial charge on any atom is -0.396 e. The summed E-state index contributed by atoms with van der Waals surface area (Å²) in [6, 6.07) is 4.75. The molecule has 0 unspecified atom stereocenters. The molecule has 1 saturated heterocycles. The SMILES string of the molecule is CC.CC.CN1CCC(F)(F)CC1.N/N=C(\N)c1ccc(N(N)c2ncc(C=O)cc2N)cn1. The Bertz CT molecular complexity index is 882. The predicted octanol–water partition coefficient (Wildman–Crippen LogP) is 2.86. The van der Waals surface area contributed by atoms with E-state index in [4.69, 9.17) is 23.2 Å². The third kappa shape index (κ3) is 9.63. The Hall–Kier alpha value is -3.38. The molecule has 0 saturated carbocycles. The molecule has 10 nitrogen and oxygen atoms in total. The van der Waals surface area contributed by atoms with Crippen molar-refractivity contribution >= 4 is 29.3 Å². The number of amidine groups is 1. The molecule has 3 heterocycles. The second-order valence-corrected chi connectivity index (χ2v) is 6.74. The third-order valence-corrected chi connectivity index (χ3v) is 4.43. The summed E-state index contributed by atoms with van der Waals surface area (Å²) in [5.41, 5.74) is 12.9. The van der Waals surface area contributed by atoms with Gasteiger partial charge in [0.05, 0.1) is 17.6 Å². The van der Waals surface area contributed by atoms with Gasteiger partial charge in [0.2, 0.25) is 0 Å². The summed E-state index contributed by atoms with van der Waals surface area (Å²) in [5, 5.41) is 4.59. The number of hydrogen-bond acceptors (Lipinski definition) is 9. The van der Waals surface area contributed by atoms with Crippen LogP contribution >= 0.6 is 0 Å². The maximum atomic E-state index is 12.4. The number of carbonyl (C=O) groups is 1. The molecule has 12 heteroatoms. The van der Waals surface area contributed by atoms with Crippen LogP contribution in [0.4, 0.5) is 26.0 Å². The lowest BCUT2D eigenvalue weighted by Crippen LogP contribution is -2.36. The molecule has 3 rings (SSSR count). The van der Waals surface area contributed by atoms with E-state index < -0.39 is 5.92 Å². The third-order valence-electron chi connectivity index (χ3n) is 4.43. The van der Waals surface area contributed by atoms with E-state index >= 15 is 0 Å². The van der Waals surface area contributed by atoms with Crippen molar-refractivity contribution < 1.29 is 13.6 Å². The predicted molar refractivity (Wildman–Crippen MR) is 134 cm³/mol.